The molecule has 0 amide bonds. The maximum Gasteiger partial charge on any atom is 0.311 e. The molecule has 1 aromatic carbocycles. The van der Waals surface area contributed by atoms with Crippen LogP contribution in [0.3, 0.4) is 0 Å². The lowest BCUT2D eigenvalue weighted by atomic mass is 10.1. The van der Waals surface area contributed by atoms with Crippen LogP contribution >= 0.6 is 11.3 Å². The van der Waals surface area contributed by atoms with Gasteiger partial charge in [0.05, 0.1) is 18.7 Å². The fourth-order valence-electron chi connectivity index (χ4n) is 1.87. The number of rotatable bonds is 5. The van der Waals surface area contributed by atoms with Gasteiger partial charge in [-0.25, -0.2) is 4.98 Å². The van der Waals surface area contributed by atoms with Crippen molar-refractivity contribution >= 4 is 28.1 Å². The molecule has 0 bridgehead atoms. The van der Waals surface area contributed by atoms with Crippen LogP contribution in [0, 0.1) is 13.8 Å². The van der Waals surface area contributed by atoms with Gasteiger partial charge >= 0.3 is 5.97 Å². The number of hydrogen-bond donors (Lipinski definition) is 1. The number of ether oxygens (including phenoxy) is 1. The van der Waals surface area contributed by atoms with Crippen LogP contribution in [0.1, 0.15) is 23.7 Å². The first-order valence-corrected chi connectivity index (χ1v) is 7.40. The van der Waals surface area contributed by atoms with E-state index in [9.17, 15) is 4.79 Å². The number of nitrogens with one attached hydrogen (secondary N) is 1. The Morgan fingerprint density at radius 2 is 2.20 bits per heavy atom. The van der Waals surface area contributed by atoms with Gasteiger partial charge in [-0.15, -0.1) is 11.3 Å². The summed E-state index contributed by atoms with van der Waals surface area (Å²) < 4.78 is 4.91. The van der Waals surface area contributed by atoms with Crippen LogP contribution in [0.2, 0.25) is 0 Å². The van der Waals surface area contributed by atoms with Gasteiger partial charge in [0, 0.05) is 11.1 Å². The molecule has 1 N–H and O–H groups in total. The van der Waals surface area contributed by atoms with Crippen LogP contribution in [0.5, 0.6) is 0 Å². The minimum absolute atomic E-state index is 0.221. The quantitative estimate of drug-likeness (QED) is 0.855. The fraction of sp³-hybridized carbons (Fsp3) is 0.333. The molecule has 0 aliphatic heterocycles. The Labute approximate surface area is 122 Å². The second-order valence-corrected chi connectivity index (χ2v) is 5.43. The minimum atomic E-state index is -0.240. The van der Waals surface area contributed by atoms with Gasteiger partial charge in [-0.05, 0) is 32.4 Å². The molecule has 0 saturated heterocycles. The molecule has 5 heteroatoms. The fourth-order valence-corrected chi connectivity index (χ4v) is 2.60. The maximum atomic E-state index is 11.4. The van der Waals surface area contributed by atoms with E-state index >= 15 is 0 Å². The lowest BCUT2D eigenvalue weighted by Crippen LogP contribution is -2.07. The van der Waals surface area contributed by atoms with Crippen molar-refractivity contribution in [2.24, 2.45) is 0 Å². The van der Waals surface area contributed by atoms with Crippen LogP contribution in [-0.2, 0) is 16.0 Å². The Kier molecular flexibility index (Phi) is 4.74. The molecule has 1 aromatic heterocycles. The zero-order valence-electron chi connectivity index (χ0n) is 11.9. The number of benzene rings is 1. The highest BCUT2D eigenvalue weighted by Gasteiger charge is 2.09. The summed E-state index contributed by atoms with van der Waals surface area (Å²) in [6.07, 6.45) is 0.221. The number of aromatic nitrogens is 1. The van der Waals surface area contributed by atoms with E-state index < -0.39 is 0 Å². The standard InChI is InChI=1S/C15H18N2O2S/c1-4-19-14(18)8-12-9-20-15(16-12)17-13-6-5-10(2)7-11(13)3/h5-7,9H,4,8H2,1-3H3,(H,16,17). The van der Waals surface area contributed by atoms with E-state index in [0.29, 0.717) is 6.61 Å². The molecular formula is C15H18N2O2S. The van der Waals surface area contributed by atoms with Gasteiger partial charge in [-0.3, -0.25) is 4.79 Å². The van der Waals surface area contributed by atoms with Gasteiger partial charge in [0.25, 0.3) is 0 Å². The topological polar surface area (TPSA) is 51.2 Å². The van der Waals surface area contributed by atoms with E-state index in [4.69, 9.17) is 4.74 Å². The average Bonchev–Trinajstić information content (AvgIpc) is 2.80. The Balaban J connectivity index is 2.04. The van der Waals surface area contributed by atoms with Crippen molar-refractivity contribution in [2.75, 3.05) is 11.9 Å². The summed E-state index contributed by atoms with van der Waals surface area (Å²) in [7, 11) is 0. The summed E-state index contributed by atoms with van der Waals surface area (Å²) in [5, 5.41) is 5.95. The molecule has 20 heavy (non-hydrogen) atoms. The number of carbonyl (C=O) groups is 1. The summed E-state index contributed by atoms with van der Waals surface area (Å²) in [6, 6.07) is 6.22. The zero-order chi connectivity index (χ0) is 14.5. The molecule has 1 heterocycles. The highest BCUT2D eigenvalue weighted by Crippen LogP contribution is 2.24. The van der Waals surface area contributed by atoms with Gasteiger partial charge in [0.15, 0.2) is 5.13 Å². The van der Waals surface area contributed by atoms with E-state index in [1.807, 2.05) is 11.4 Å². The van der Waals surface area contributed by atoms with E-state index in [0.717, 1.165) is 16.5 Å². The highest BCUT2D eigenvalue weighted by molar-refractivity contribution is 7.13. The van der Waals surface area contributed by atoms with Gasteiger partial charge in [-0.1, -0.05) is 17.7 Å². The lowest BCUT2D eigenvalue weighted by molar-refractivity contribution is -0.142. The molecule has 0 fully saturated rings. The molecule has 106 valence electrons. The van der Waals surface area contributed by atoms with E-state index in [-0.39, 0.29) is 12.4 Å². The van der Waals surface area contributed by atoms with Crippen molar-refractivity contribution in [3.63, 3.8) is 0 Å². The van der Waals surface area contributed by atoms with Crippen LogP contribution in [0.15, 0.2) is 23.6 Å². The smallest absolute Gasteiger partial charge is 0.311 e. The Hall–Kier alpha value is -1.88. The summed E-state index contributed by atoms with van der Waals surface area (Å²) in [5.41, 5.74) is 4.18. The number of nitrogens with zero attached hydrogens (tertiary/aromatic N) is 1. The number of anilines is 2. The van der Waals surface area contributed by atoms with Gasteiger partial charge < -0.3 is 10.1 Å². The van der Waals surface area contributed by atoms with Crippen LogP contribution in [0.25, 0.3) is 0 Å². The third-order valence-corrected chi connectivity index (χ3v) is 3.61. The van der Waals surface area contributed by atoms with Crippen molar-refractivity contribution in [2.45, 2.75) is 27.2 Å². The van der Waals surface area contributed by atoms with Gasteiger partial charge in [0.2, 0.25) is 0 Å². The van der Waals surface area contributed by atoms with Crippen molar-refractivity contribution < 1.29 is 9.53 Å². The first-order valence-electron chi connectivity index (χ1n) is 6.52. The maximum absolute atomic E-state index is 11.4. The minimum Gasteiger partial charge on any atom is -0.466 e. The molecule has 0 spiro atoms. The first-order chi connectivity index (χ1) is 9.58. The molecule has 0 aliphatic rings. The Morgan fingerprint density at radius 3 is 2.90 bits per heavy atom. The summed E-state index contributed by atoms with van der Waals surface area (Å²) in [5.74, 6) is -0.240. The summed E-state index contributed by atoms with van der Waals surface area (Å²) in [6.45, 7) is 6.32. The van der Waals surface area contributed by atoms with E-state index in [1.54, 1.807) is 6.92 Å². The third-order valence-electron chi connectivity index (χ3n) is 2.81. The number of thiazole rings is 1. The van der Waals surface area contributed by atoms with E-state index in [2.05, 4.69) is 36.3 Å². The molecule has 0 unspecified atom stereocenters. The zero-order valence-corrected chi connectivity index (χ0v) is 12.7. The molecule has 0 atom stereocenters. The third kappa shape index (κ3) is 3.81. The Morgan fingerprint density at radius 1 is 1.40 bits per heavy atom. The first kappa shape index (κ1) is 14.5. The molecule has 0 radical (unpaired) electrons. The van der Waals surface area contributed by atoms with E-state index in [1.165, 1.54) is 22.5 Å². The molecule has 2 rings (SSSR count). The number of esters is 1. The molecule has 0 saturated carbocycles. The van der Waals surface area contributed by atoms with Crippen molar-refractivity contribution in [3.8, 4) is 0 Å². The monoisotopic (exact) mass is 290 g/mol. The second kappa shape index (κ2) is 6.52. The molecule has 4 nitrogen and oxygen atoms in total. The Bertz CT molecular complexity index is 608. The van der Waals surface area contributed by atoms with Crippen molar-refractivity contribution in [3.05, 3.63) is 40.4 Å². The molecular weight excluding hydrogens is 272 g/mol. The van der Waals surface area contributed by atoms with Crippen LogP contribution in [0.4, 0.5) is 10.8 Å². The van der Waals surface area contributed by atoms with Crippen molar-refractivity contribution in [1.82, 2.24) is 4.98 Å². The van der Waals surface area contributed by atoms with Crippen molar-refractivity contribution in [1.29, 1.82) is 0 Å². The van der Waals surface area contributed by atoms with Crippen LogP contribution < -0.4 is 5.32 Å². The average molecular weight is 290 g/mol. The number of carbonyl (C=O) groups excluding carboxylic acids is 1. The summed E-state index contributed by atoms with van der Waals surface area (Å²) in [4.78, 5) is 15.8. The highest BCUT2D eigenvalue weighted by atomic mass is 32.1. The second-order valence-electron chi connectivity index (χ2n) is 4.57. The molecule has 0 aliphatic carbocycles. The predicted molar refractivity (Wildman–Crippen MR) is 81.6 cm³/mol. The van der Waals surface area contributed by atoms with Gasteiger partial charge in [-0.2, -0.15) is 0 Å². The predicted octanol–water partition coefficient (Wildman–Crippen LogP) is 3.61. The lowest BCUT2D eigenvalue weighted by Gasteiger charge is -2.07. The normalized spacial score (nSPS) is 10.3. The number of hydrogen-bond acceptors (Lipinski definition) is 5. The summed E-state index contributed by atoms with van der Waals surface area (Å²) >= 11 is 1.49. The van der Waals surface area contributed by atoms with Crippen LogP contribution in [-0.4, -0.2) is 17.6 Å². The van der Waals surface area contributed by atoms with Gasteiger partial charge in [0.1, 0.15) is 0 Å². The largest absolute Gasteiger partial charge is 0.466 e. The SMILES string of the molecule is CCOC(=O)Cc1csc(Nc2ccc(C)cc2C)n1. The molecule has 2 aromatic rings. The number of aryl methyl sites for hydroxylation is 2.